The molecule has 0 aromatic heterocycles. The van der Waals surface area contributed by atoms with Crippen molar-refractivity contribution >= 4 is 11.9 Å². The van der Waals surface area contributed by atoms with Crippen molar-refractivity contribution in [2.75, 3.05) is 13.2 Å². The van der Waals surface area contributed by atoms with Crippen LogP contribution in [-0.2, 0) is 14.9 Å². The van der Waals surface area contributed by atoms with Crippen molar-refractivity contribution in [3.05, 3.63) is 65.2 Å². The fourth-order valence-electron chi connectivity index (χ4n) is 2.99. The van der Waals surface area contributed by atoms with E-state index in [0.717, 1.165) is 18.4 Å². The van der Waals surface area contributed by atoms with Crippen LogP contribution in [0.1, 0.15) is 59.9 Å². The Balaban J connectivity index is 1.61. The number of carbonyl (C=O) groups excluding carboxylic acids is 2. The topological polar surface area (TPSA) is 61.8 Å². The summed E-state index contributed by atoms with van der Waals surface area (Å²) >= 11 is 0. The second-order valence-electron chi connectivity index (χ2n) is 7.98. The van der Waals surface area contributed by atoms with Gasteiger partial charge in [0, 0.05) is 6.61 Å². The van der Waals surface area contributed by atoms with Crippen molar-refractivity contribution < 1.29 is 23.8 Å². The molecule has 0 N–H and O–H groups in total. The van der Waals surface area contributed by atoms with Gasteiger partial charge in [0.1, 0.15) is 12.4 Å². The van der Waals surface area contributed by atoms with E-state index in [1.165, 1.54) is 6.07 Å². The zero-order valence-corrected chi connectivity index (χ0v) is 16.6. The molecule has 148 valence electrons. The Morgan fingerprint density at radius 1 is 1.04 bits per heavy atom. The first kappa shape index (κ1) is 20.1. The number of carbonyl (C=O) groups is 2. The van der Waals surface area contributed by atoms with Crippen LogP contribution >= 0.6 is 0 Å². The highest BCUT2D eigenvalue weighted by Gasteiger charge is 2.19. The molecule has 0 spiro atoms. The van der Waals surface area contributed by atoms with Crippen LogP contribution < -0.4 is 4.74 Å². The fraction of sp³-hybridized carbons (Fsp3) is 0.391. The maximum Gasteiger partial charge on any atom is 0.343 e. The van der Waals surface area contributed by atoms with Crippen molar-refractivity contribution in [1.29, 1.82) is 0 Å². The number of benzene rings is 2. The van der Waals surface area contributed by atoms with Crippen molar-refractivity contribution in [1.82, 2.24) is 0 Å². The van der Waals surface area contributed by atoms with Crippen LogP contribution in [0.5, 0.6) is 5.75 Å². The van der Waals surface area contributed by atoms with Gasteiger partial charge in [0.15, 0.2) is 0 Å². The normalized spacial score (nSPS) is 16.6. The number of hydrogen-bond donors (Lipinski definition) is 0. The van der Waals surface area contributed by atoms with Gasteiger partial charge in [-0.3, -0.25) is 0 Å². The van der Waals surface area contributed by atoms with E-state index in [1.54, 1.807) is 30.3 Å². The number of ether oxygens (including phenoxy) is 3. The van der Waals surface area contributed by atoms with Gasteiger partial charge >= 0.3 is 11.9 Å². The van der Waals surface area contributed by atoms with Crippen molar-refractivity contribution in [3.8, 4) is 5.75 Å². The summed E-state index contributed by atoms with van der Waals surface area (Å²) < 4.78 is 16.2. The third-order valence-corrected chi connectivity index (χ3v) is 4.69. The lowest BCUT2D eigenvalue weighted by atomic mass is 9.87. The van der Waals surface area contributed by atoms with Gasteiger partial charge in [-0.15, -0.1) is 0 Å². The number of rotatable bonds is 5. The molecule has 5 heteroatoms. The summed E-state index contributed by atoms with van der Waals surface area (Å²) in [5.41, 5.74) is 1.95. The van der Waals surface area contributed by atoms with E-state index in [9.17, 15) is 9.59 Å². The van der Waals surface area contributed by atoms with Gasteiger partial charge in [0.25, 0.3) is 0 Å². The first-order valence-electron chi connectivity index (χ1n) is 9.54. The molecule has 0 saturated carbocycles. The van der Waals surface area contributed by atoms with Gasteiger partial charge in [-0.25, -0.2) is 9.59 Å². The zero-order valence-electron chi connectivity index (χ0n) is 16.6. The molecular formula is C23H26O5. The first-order valence-corrected chi connectivity index (χ1v) is 9.54. The van der Waals surface area contributed by atoms with Gasteiger partial charge in [-0.2, -0.15) is 0 Å². The Morgan fingerprint density at radius 3 is 2.43 bits per heavy atom. The number of hydrogen-bond acceptors (Lipinski definition) is 5. The molecule has 0 radical (unpaired) electrons. The van der Waals surface area contributed by atoms with Gasteiger partial charge in [-0.05, 0) is 54.2 Å². The summed E-state index contributed by atoms with van der Waals surface area (Å²) in [6, 6.07) is 13.8. The molecule has 1 fully saturated rings. The number of esters is 2. The minimum atomic E-state index is -0.467. The Kier molecular flexibility index (Phi) is 6.15. The summed E-state index contributed by atoms with van der Waals surface area (Å²) in [7, 11) is 0. The second kappa shape index (κ2) is 8.57. The van der Waals surface area contributed by atoms with E-state index >= 15 is 0 Å². The van der Waals surface area contributed by atoms with Crippen molar-refractivity contribution in [2.24, 2.45) is 0 Å². The maximum atomic E-state index is 12.4. The van der Waals surface area contributed by atoms with E-state index < -0.39 is 11.9 Å². The van der Waals surface area contributed by atoms with Crippen molar-refractivity contribution in [3.63, 3.8) is 0 Å². The predicted octanol–water partition coefficient (Wildman–Crippen LogP) is 4.54. The quantitative estimate of drug-likeness (QED) is 0.561. The predicted molar refractivity (Wildman–Crippen MR) is 106 cm³/mol. The summed E-state index contributed by atoms with van der Waals surface area (Å²) in [4.78, 5) is 24.6. The van der Waals surface area contributed by atoms with Crippen LogP contribution in [0.4, 0.5) is 0 Å². The molecule has 5 nitrogen and oxygen atoms in total. The molecule has 1 saturated heterocycles. The molecule has 0 bridgehead atoms. The zero-order chi connectivity index (χ0) is 20.1. The van der Waals surface area contributed by atoms with E-state index in [1.807, 2.05) is 12.1 Å². The summed E-state index contributed by atoms with van der Waals surface area (Å²) in [6.45, 7) is 7.30. The van der Waals surface area contributed by atoms with Gasteiger partial charge in [0.05, 0.1) is 17.2 Å². The molecular weight excluding hydrogens is 356 g/mol. The van der Waals surface area contributed by atoms with E-state index in [2.05, 4.69) is 20.8 Å². The van der Waals surface area contributed by atoms with E-state index in [4.69, 9.17) is 14.2 Å². The lowest BCUT2D eigenvalue weighted by Crippen LogP contribution is -2.18. The Hall–Kier alpha value is -2.66. The second-order valence-corrected chi connectivity index (χ2v) is 7.98. The Bertz CT molecular complexity index is 827. The van der Waals surface area contributed by atoms with Gasteiger partial charge in [0.2, 0.25) is 0 Å². The van der Waals surface area contributed by atoms with Crippen LogP contribution in [0.2, 0.25) is 0 Å². The summed E-state index contributed by atoms with van der Waals surface area (Å²) in [5.74, 6) is -0.621. The van der Waals surface area contributed by atoms with Crippen LogP contribution in [-0.4, -0.2) is 31.3 Å². The third-order valence-electron chi connectivity index (χ3n) is 4.69. The van der Waals surface area contributed by atoms with Crippen LogP contribution in [0, 0.1) is 0 Å². The lowest BCUT2D eigenvalue weighted by Gasteiger charge is -2.18. The van der Waals surface area contributed by atoms with Gasteiger partial charge in [-0.1, -0.05) is 39.0 Å². The van der Waals surface area contributed by atoms with Crippen LogP contribution in [0.15, 0.2) is 48.5 Å². The molecule has 3 rings (SSSR count). The highest BCUT2D eigenvalue weighted by atomic mass is 16.6. The highest BCUT2D eigenvalue weighted by molar-refractivity contribution is 5.92. The molecule has 1 aliphatic heterocycles. The standard InChI is InChI=1S/C23H26O5/c1-23(2,3)18-11-9-16(10-12-18)22(25)28-19-7-4-6-17(14-19)21(24)27-15-20-8-5-13-26-20/h4,6-7,9-12,14,20H,5,8,13,15H2,1-3H3. The van der Waals surface area contributed by atoms with E-state index in [-0.39, 0.29) is 18.1 Å². The molecule has 0 amide bonds. The maximum absolute atomic E-state index is 12.4. The van der Waals surface area contributed by atoms with Crippen LogP contribution in [0.25, 0.3) is 0 Å². The molecule has 2 aromatic carbocycles. The smallest absolute Gasteiger partial charge is 0.343 e. The van der Waals surface area contributed by atoms with E-state index in [0.29, 0.717) is 23.5 Å². The molecule has 1 heterocycles. The SMILES string of the molecule is CC(C)(C)c1ccc(C(=O)Oc2cccc(C(=O)OCC3CCCO3)c2)cc1. The minimum absolute atomic E-state index is 0.0145. The average molecular weight is 382 g/mol. The first-order chi connectivity index (χ1) is 13.3. The average Bonchev–Trinajstić information content (AvgIpc) is 3.19. The van der Waals surface area contributed by atoms with Crippen molar-refractivity contribution in [2.45, 2.75) is 45.1 Å². The van der Waals surface area contributed by atoms with Crippen LogP contribution in [0.3, 0.4) is 0 Å². The lowest BCUT2D eigenvalue weighted by molar-refractivity contribution is 0.0161. The molecule has 1 unspecified atom stereocenters. The fourth-order valence-corrected chi connectivity index (χ4v) is 2.99. The summed E-state index contributed by atoms with van der Waals surface area (Å²) in [5, 5.41) is 0. The monoisotopic (exact) mass is 382 g/mol. The van der Waals surface area contributed by atoms with Gasteiger partial charge < -0.3 is 14.2 Å². The minimum Gasteiger partial charge on any atom is -0.459 e. The highest BCUT2D eigenvalue weighted by Crippen LogP contribution is 2.23. The summed E-state index contributed by atoms with van der Waals surface area (Å²) in [6.07, 6.45) is 1.87. The molecule has 28 heavy (non-hydrogen) atoms. The molecule has 0 aliphatic carbocycles. The molecule has 1 aliphatic rings. The molecule has 2 aromatic rings. The molecule has 1 atom stereocenters. The third kappa shape index (κ3) is 5.20. The Labute approximate surface area is 165 Å². The Morgan fingerprint density at radius 2 is 1.79 bits per heavy atom. The largest absolute Gasteiger partial charge is 0.459 e.